The van der Waals surface area contributed by atoms with Crippen molar-refractivity contribution in [1.82, 2.24) is 0 Å². The summed E-state index contributed by atoms with van der Waals surface area (Å²) in [6, 6.07) is 22.0. The Morgan fingerprint density at radius 1 is 0.527 bits per heavy atom. The molecule has 2 N–H and O–H groups in total. The molecule has 0 amide bonds. The Morgan fingerprint density at radius 3 is 1.16 bits per heavy atom. The quantitative estimate of drug-likeness (QED) is 0.0489. The zero-order chi connectivity index (χ0) is 39.5. The monoisotopic (exact) mass is 812 g/mol. The van der Waals surface area contributed by atoms with Crippen LogP contribution < -0.4 is 0 Å². The van der Waals surface area contributed by atoms with E-state index in [1.807, 2.05) is 0 Å². The van der Waals surface area contributed by atoms with Gasteiger partial charge in [0.15, 0.2) is 0 Å². The summed E-state index contributed by atoms with van der Waals surface area (Å²) in [5.74, 6) is -1.09. The van der Waals surface area contributed by atoms with Crippen LogP contribution in [0, 0.1) is 34.1 Å². The molecule has 0 spiro atoms. The first-order valence-corrected chi connectivity index (χ1v) is 17.9. The first-order chi connectivity index (χ1) is 25.3. The standard InChI is InChI=1S/2C17H13N3O6S.Ca/c2*1-10-6-11(8-12(7-10)20(22)23)18-19-17-14-5-3-2-4-13(14)16(9-15(17)21)27(24,25)26;/h2*2-9,21H,1H3,(H,24,25,26);/q;;+2/p-2. The van der Waals surface area contributed by atoms with E-state index in [1.165, 1.54) is 48.5 Å². The second-order valence-corrected chi connectivity index (χ2v) is 14.1. The van der Waals surface area contributed by atoms with Crippen LogP contribution in [0.5, 0.6) is 11.5 Å². The van der Waals surface area contributed by atoms with Crippen molar-refractivity contribution in [1.29, 1.82) is 0 Å². The fourth-order valence-electron chi connectivity index (χ4n) is 5.28. The molecular weight excluding hydrogens is 789 g/mol. The second-order valence-electron chi connectivity index (χ2n) is 11.5. The zero-order valence-electron chi connectivity index (χ0n) is 28.4. The van der Waals surface area contributed by atoms with E-state index in [2.05, 4.69) is 20.5 Å². The number of hydrogen-bond acceptors (Lipinski definition) is 16. The van der Waals surface area contributed by atoms with Crippen LogP contribution in [-0.4, -0.2) is 83.7 Å². The van der Waals surface area contributed by atoms with Crippen molar-refractivity contribution in [2.24, 2.45) is 20.5 Å². The van der Waals surface area contributed by atoms with Gasteiger partial charge < -0.3 is 19.3 Å². The molecule has 0 saturated heterocycles. The number of nitrogens with zero attached hydrogens (tertiary/aromatic N) is 6. The third-order valence-electron chi connectivity index (χ3n) is 7.50. The van der Waals surface area contributed by atoms with Crippen molar-refractivity contribution in [2.45, 2.75) is 23.6 Å². The Kier molecular flexibility index (Phi) is 13.0. The number of nitro benzene ring substituents is 2. The van der Waals surface area contributed by atoms with Crippen LogP contribution in [0.4, 0.5) is 34.1 Å². The summed E-state index contributed by atoms with van der Waals surface area (Å²) < 4.78 is 68.7. The SMILES string of the molecule is Cc1cc(N=Nc2c(O)cc(S(=O)(=O)[O-])c3ccccc23)cc([N+](=O)[O-])c1.Cc1cc(N=Nc2c(O)cc(S(=O)(=O)[O-])c3ccccc23)cc([N+](=O)[O-])c1.[Ca+2]. The number of hydrogen-bond donors (Lipinski definition) is 2. The van der Waals surface area contributed by atoms with Crippen molar-refractivity contribution in [3.8, 4) is 11.5 Å². The average Bonchev–Trinajstić information content (AvgIpc) is 3.09. The predicted molar refractivity (Wildman–Crippen MR) is 197 cm³/mol. The molecule has 0 aliphatic carbocycles. The van der Waals surface area contributed by atoms with Crippen LogP contribution >= 0.6 is 0 Å². The van der Waals surface area contributed by atoms with Gasteiger partial charge in [0.25, 0.3) is 11.4 Å². The van der Waals surface area contributed by atoms with Crippen molar-refractivity contribution >= 4 is 114 Å². The number of nitro groups is 2. The van der Waals surface area contributed by atoms with E-state index < -0.39 is 51.4 Å². The second kappa shape index (κ2) is 16.9. The molecule has 0 heterocycles. The van der Waals surface area contributed by atoms with E-state index in [0.717, 1.165) is 12.1 Å². The number of benzene rings is 6. The molecule has 6 rings (SSSR count). The van der Waals surface area contributed by atoms with E-state index in [-0.39, 0.29) is 93.4 Å². The van der Waals surface area contributed by atoms with Crippen molar-refractivity contribution in [3.63, 3.8) is 0 Å². The number of azo groups is 2. The van der Waals surface area contributed by atoms with Crippen molar-refractivity contribution < 1.29 is 46.0 Å². The Morgan fingerprint density at radius 2 is 0.855 bits per heavy atom. The Labute approximate surface area is 341 Å². The van der Waals surface area contributed by atoms with Gasteiger partial charge in [-0.1, -0.05) is 48.5 Å². The van der Waals surface area contributed by atoms with E-state index in [0.29, 0.717) is 11.1 Å². The van der Waals surface area contributed by atoms with Crippen LogP contribution in [0.2, 0.25) is 0 Å². The van der Waals surface area contributed by atoms with Crippen LogP contribution in [0.25, 0.3) is 21.5 Å². The minimum Gasteiger partial charge on any atom is -0.744 e. The van der Waals surface area contributed by atoms with Crippen molar-refractivity contribution in [2.75, 3.05) is 0 Å². The van der Waals surface area contributed by atoms with Gasteiger partial charge in [0.1, 0.15) is 43.1 Å². The van der Waals surface area contributed by atoms with Crippen LogP contribution in [0.1, 0.15) is 11.1 Å². The van der Waals surface area contributed by atoms with E-state index in [1.54, 1.807) is 50.2 Å². The van der Waals surface area contributed by atoms with Gasteiger partial charge in [-0.25, -0.2) is 16.8 Å². The number of non-ortho nitro benzene ring substituents is 2. The molecule has 0 atom stereocenters. The fraction of sp³-hybridized carbons (Fsp3) is 0.0588. The molecule has 0 aliphatic heterocycles. The smallest absolute Gasteiger partial charge is 0.744 e. The number of phenolic OH excluding ortho intramolecular Hbond substituents is 2. The maximum Gasteiger partial charge on any atom is 2.00 e. The summed E-state index contributed by atoms with van der Waals surface area (Å²) in [7, 11) is -9.63. The fourth-order valence-corrected chi connectivity index (χ4v) is 6.68. The number of phenols is 2. The average molecular weight is 813 g/mol. The van der Waals surface area contributed by atoms with Crippen LogP contribution in [0.3, 0.4) is 0 Å². The topological polar surface area (TPSA) is 291 Å². The predicted octanol–water partition coefficient (Wildman–Crippen LogP) is 7.78. The molecule has 18 nitrogen and oxygen atoms in total. The molecule has 21 heteroatoms. The molecule has 0 bridgehead atoms. The Hall–Kier alpha value is -5.48. The summed E-state index contributed by atoms with van der Waals surface area (Å²) in [4.78, 5) is 19.6. The normalized spacial score (nSPS) is 11.7. The summed E-state index contributed by atoms with van der Waals surface area (Å²) in [5.41, 5.74) is 1.14. The molecule has 0 aromatic heterocycles. The van der Waals surface area contributed by atoms with Gasteiger partial charge >= 0.3 is 37.7 Å². The molecule has 6 aromatic rings. The number of aromatic hydroxyl groups is 2. The summed E-state index contributed by atoms with van der Waals surface area (Å²) >= 11 is 0. The van der Waals surface area contributed by atoms with Crippen molar-refractivity contribution in [3.05, 3.63) is 128 Å². The molecule has 0 aliphatic rings. The number of fused-ring (bicyclic) bond motifs is 2. The summed E-state index contributed by atoms with van der Waals surface area (Å²) in [6.07, 6.45) is 0. The van der Waals surface area contributed by atoms with E-state index in [4.69, 9.17) is 0 Å². The van der Waals surface area contributed by atoms with E-state index >= 15 is 0 Å². The summed E-state index contributed by atoms with van der Waals surface area (Å²) in [6.45, 7) is 3.32. The minimum atomic E-state index is -4.81. The molecule has 0 unspecified atom stereocenters. The minimum absolute atomic E-state index is 0. The first-order valence-electron chi connectivity index (χ1n) is 15.1. The Balaban J connectivity index is 0.000000240. The van der Waals surface area contributed by atoms with Crippen LogP contribution in [-0.2, 0) is 20.2 Å². The molecule has 0 fully saturated rings. The molecule has 276 valence electrons. The van der Waals surface area contributed by atoms with E-state index in [9.17, 15) is 56.4 Å². The third kappa shape index (κ3) is 9.99. The summed E-state index contributed by atoms with van der Waals surface area (Å²) in [5, 5.41) is 58.5. The molecule has 6 aromatic carbocycles. The Bertz CT molecular complexity index is 2610. The van der Waals surface area contributed by atoms with Gasteiger partial charge in [0.05, 0.1) is 31.0 Å². The first kappa shape index (κ1) is 42.3. The van der Waals surface area contributed by atoms with Gasteiger partial charge in [-0.15, -0.1) is 10.2 Å². The molecule has 55 heavy (non-hydrogen) atoms. The third-order valence-corrected chi connectivity index (χ3v) is 9.25. The molecule has 0 radical (unpaired) electrons. The number of aryl methyl sites for hydroxylation is 2. The van der Waals surface area contributed by atoms with Gasteiger partial charge in [-0.3, -0.25) is 20.2 Å². The van der Waals surface area contributed by atoms with Gasteiger partial charge in [-0.05, 0) is 37.1 Å². The largest absolute Gasteiger partial charge is 2.00 e. The maximum atomic E-state index is 11.4. The number of rotatable bonds is 8. The zero-order valence-corrected chi connectivity index (χ0v) is 32.3. The van der Waals surface area contributed by atoms with Gasteiger partial charge in [0.2, 0.25) is 0 Å². The molecule has 0 saturated carbocycles. The van der Waals surface area contributed by atoms with Gasteiger partial charge in [-0.2, -0.15) is 10.2 Å². The maximum absolute atomic E-state index is 11.4. The van der Waals surface area contributed by atoms with Gasteiger partial charge in [0, 0.05) is 57.9 Å². The molecular formula is C34H24CaN6O12S2. The van der Waals surface area contributed by atoms with Crippen LogP contribution in [0.15, 0.2) is 127 Å².